The molecule has 3 rings (SSSR count). The monoisotopic (exact) mass is 413 g/mol. The predicted octanol–water partition coefficient (Wildman–Crippen LogP) is 3.82. The van der Waals surface area contributed by atoms with Crippen LogP contribution >= 0.6 is 34.3 Å². The quantitative estimate of drug-likeness (QED) is 0.618. The minimum Gasteiger partial charge on any atom is -0.378 e. The maximum absolute atomic E-state index is 12.4. The highest BCUT2D eigenvalue weighted by Crippen LogP contribution is 2.33. The van der Waals surface area contributed by atoms with Gasteiger partial charge in [0.25, 0.3) is 0 Å². The Kier molecular flexibility index (Phi) is 5.62. The Morgan fingerprint density at radius 1 is 1.16 bits per heavy atom. The summed E-state index contributed by atoms with van der Waals surface area (Å²) in [6.07, 6.45) is 0. The van der Waals surface area contributed by atoms with Crippen LogP contribution in [0, 0.1) is 0 Å². The van der Waals surface area contributed by atoms with E-state index in [0.29, 0.717) is 21.0 Å². The molecule has 0 bridgehead atoms. The molecular formula is C17H16ClNO3S3. The zero-order valence-corrected chi connectivity index (χ0v) is 16.3. The van der Waals surface area contributed by atoms with Gasteiger partial charge in [0.2, 0.25) is 10.0 Å². The van der Waals surface area contributed by atoms with Crippen LogP contribution in [-0.2, 0) is 21.4 Å². The van der Waals surface area contributed by atoms with E-state index >= 15 is 0 Å². The molecule has 0 aliphatic rings. The summed E-state index contributed by atoms with van der Waals surface area (Å²) in [5.74, 6) is -0.197. The number of aliphatic hydroxyl groups is 1. The summed E-state index contributed by atoms with van der Waals surface area (Å²) in [5.41, 5.74) is -0.129. The predicted molar refractivity (Wildman–Crippen MR) is 104 cm³/mol. The molecule has 0 fully saturated rings. The topological polar surface area (TPSA) is 66.4 Å². The van der Waals surface area contributed by atoms with Gasteiger partial charge in [-0.3, -0.25) is 0 Å². The van der Waals surface area contributed by atoms with E-state index in [-0.39, 0.29) is 12.3 Å². The normalized spacial score (nSPS) is 14.3. The smallest absolute Gasteiger partial charge is 0.215 e. The van der Waals surface area contributed by atoms with Crippen LogP contribution in [0.2, 0.25) is 5.02 Å². The Hall–Kier alpha value is -1.22. The first-order chi connectivity index (χ1) is 11.9. The third kappa shape index (κ3) is 4.49. The van der Waals surface area contributed by atoms with Crippen LogP contribution in [-0.4, -0.2) is 20.1 Å². The lowest BCUT2D eigenvalue weighted by Gasteiger charge is -2.27. The van der Waals surface area contributed by atoms with Crippen LogP contribution in [0.15, 0.2) is 58.6 Å². The first-order valence-corrected chi connectivity index (χ1v) is 11.3. The van der Waals surface area contributed by atoms with E-state index in [1.54, 1.807) is 36.4 Å². The summed E-state index contributed by atoms with van der Waals surface area (Å²) < 4.78 is 27.4. The molecule has 0 amide bonds. The van der Waals surface area contributed by atoms with E-state index in [1.165, 1.54) is 22.7 Å². The molecule has 132 valence electrons. The lowest BCUT2D eigenvalue weighted by molar-refractivity contribution is 0.0903. The molecule has 0 aliphatic heterocycles. The van der Waals surface area contributed by atoms with Gasteiger partial charge in [0.05, 0.1) is 5.75 Å². The van der Waals surface area contributed by atoms with Crippen molar-refractivity contribution in [3.8, 4) is 0 Å². The molecule has 1 aromatic carbocycles. The van der Waals surface area contributed by atoms with Gasteiger partial charge in [-0.05, 0) is 46.0 Å². The Bertz CT molecular complexity index is 888. The molecule has 0 radical (unpaired) electrons. The van der Waals surface area contributed by atoms with Gasteiger partial charge in [0.1, 0.15) is 5.60 Å². The summed E-state index contributed by atoms with van der Waals surface area (Å²) >= 11 is 8.75. The maximum Gasteiger partial charge on any atom is 0.215 e. The minimum absolute atomic E-state index is 0.132. The van der Waals surface area contributed by atoms with Crippen LogP contribution < -0.4 is 4.72 Å². The Balaban J connectivity index is 1.79. The van der Waals surface area contributed by atoms with Gasteiger partial charge in [-0.1, -0.05) is 29.8 Å². The summed E-state index contributed by atoms with van der Waals surface area (Å²) in [5, 5.41) is 17.2. The van der Waals surface area contributed by atoms with Gasteiger partial charge < -0.3 is 5.11 Å². The fourth-order valence-corrected chi connectivity index (χ4v) is 5.39. The van der Waals surface area contributed by atoms with Gasteiger partial charge in [0, 0.05) is 22.0 Å². The van der Waals surface area contributed by atoms with E-state index in [1.807, 2.05) is 22.2 Å². The first kappa shape index (κ1) is 18.6. The molecule has 0 spiro atoms. The Morgan fingerprint density at radius 2 is 2.00 bits per heavy atom. The molecule has 2 N–H and O–H groups in total. The second-order valence-electron chi connectivity index (χ2n) is 5.56. The molecule has 2 aromatic heterocycles. The second kappa shape index (κ2) is 7.57. The van der Waals surface area contributed by atoms with Crippen LogP contribution in [0.1, 0.15) is 16.0 Å². The summed E-state index contributed by atoms with van der Waals surface area (Å²) in [6, 6.07) is 12.2. The molecular weight excluding hydrogens is 398 g/mol. The van der Waals surface area contributed by atoms with Crippen LogP contribution in [0.3, 0.4) is 0 Å². The van der Waals surface area contributed by atoms with Crippen LogP contribution in [0.25, 0.3) is 0 Å². The van der Waals surface area contributed by atoms with Crippen molar-refractivity contribution in [2.24, 2.45) is 0 Å². The van der Waals surface area contributed by atoms with Crippen molar-refractivity contribution in [3.63, 3.8) is 0 Å². The number of nitrogens with one attached hydrogen (secondary N) is 1. The molecule has 0 saturated heterocycles. The number of thiophene rings is 2. The molecule has 2 heterocycles. The van der Waals surface area contributed by atoms with Gasteiger partial charge >= 0.3 is 0 Å². The van der Waals surface area contributed by atoms with E-state index < -0.39 is 15.6 Å². The van der Waals surface area contributed by atoms with Gasteiger partial charge in [-0.2, -0.15) is 11.3 Å². The van der Waals surface area contributed by atoms with E-state index in [0.717, 1.165) is 0 Å². The molecule has 1 atom stereocenters. The van der Waals surface area contributed by atoms with Gasteiger partial charge in [-0.15, -0.1) is 11.3 Å². The lowest BCUT2D eigenvalue weighted by atomic mass is 9.95. The number of sulfonamides is 1. The van der Waals surface area contributed by atoms with E-state index in [4.69, 9.17) is 11.6 Å². The number of hydrogen-bond donors (Lipinski definition) is 2. The highest BCUT2D eigenvalue weighted by molar-refractivity contribution is 7.88. The van der Waals surface area contributed by atoms with E-state index in [2.05, 4.69) is 4.72 Å². The minimum atomic E-state index is -3.63. The fraction of sp³-hybridized carbons (Fsp3) is 0.176. The number of rotatable bonds is 7. The molecule has 25 heavy (non-hydrogen) atoms. The lowest BCUT2D eigenvalue weighted by Crippen LogP contribution is -2.41. The van der Waals surface area contributed by atoms with Crippen molar-refractivity contribution in [1.82, 2.24) is 4.72 Å². The van der Waals surface area contributed by atoms with Crippen LogP contribution in [0.4, 0.5) is 0 Å². The maximum atomic E-state index is 12.4. The zero-order valence-electron chi connectivity index (χ0n) is 13.1. The van der Waals surface area contributed by atoms with Crippen molar-refractivity contribution in [2.75, 3.05) is 6.54 Å². The second-order valence-corrected chi connectivity index (χ2v) is 9.53. The SMILES string of the molecule is O=S(=O)(Cc1cccc(Cl)c1)NCC(O)(c1ccsc1)c1cccs1. The number of halogens is 1. The van der Waals surface area contributed by atoms with Crippen LogP contribution in [0.5, 0.6) is 0 Å². The molecule has 4 nitrogen and oxygen atoms in total. The Labute approximate surface area is 159 Å². The van der Waals surface area contributed by atoms with Gasteiger partial charge in [0.15, 0.2) is 0 Å². The standard InChI is InChI=1S/C17H16ClNO3S3/c18-15-4-1-3-13(9-15)11-25(21,22)19-12-17(20,14-6-8-23-10-14)16-5-2-7-24-16/h1-10,19-20H,11-12H2. The largest absolute Gasteiger partial charge is 0.378 e. The Morgan fingerprint density at radius 3 is 2.64 bits per heavy atom. The number of benzene rings is 1. The summed E-state index contributed by atoms with van der Waals surface area (Å²) in [4.78, 5) is 0.691. The third-order valence-corrected chi connectivity index (χ3v) is 6.96. The molecule has 0 aliphatic carbocycles. The van der Waals surface area contributed by atoms with Crippen molar-refractivity contribution in [2.45, 2.75) is 11.4 Å². The average molecular weight is 414 g/mol. The highest BCUT2D eigenvalue weighted by Gasteiger charge is 2.34. The molecule has 0 saturated carbocycles. The van der Waals surface area contributed by atoms with E-state index in [9.17, 15) is 13.5 Å². The number of hydrogen-bond acceptors (Lipinski definition) is 5. The summed E-state index contributed by atoms with van der Waals surface area (Å²) in [7, 11) is -3.63. The van der Waals surface area contributed by atoms with Crippen molar-refractivity contribution >= 4 is 44.3 Å². The van der Waals surface area contributed by atoms with Crippen molar-refractivity contribution < 1.29 is 13.5 Å². The average Bonchev–Trinajstić information content (AvgIpc) is 3.26. The first-order valence-electron chi connectivity index (χ1n) is 7.40. The summed E-state index contributed by atoms with van der Waals surface area (Å²) in [6.45, 7) is -0.132. The molecule has 3 aromatic rings. The third-order valence-electron chi connectivity index (χ3n) is 3.72. The zero-order chi connectivity index (χ0) is 17.9. The highest BCUT2D eigenvalue weighted by atomic mass is 35.5. The molecule has 1 unspecified atom stereocenters. The molecule has 8 heteroatoms. The van der Waals surface area contributed by atoms with Gasteiger partial charge in [-0.25, -0.2) is 13.1 Å². The van der Waals surface area contributed by atoms with Crippen molar-refractivity contribution in [1.29, 1.82) is 0 Å². The van der Waals surface area contributed by atoms with Crippen molar-refractivity contribution in [3.05, 3.63) is 79.6 Å². The fourth-order valence-electron chi connectivity index (χ4n) is 2.46.